The molecule has 0 unspecified atom stereocenters. The summed E-state index contributed by atoms with van der Waals surface area (Å²) in [4.78, 5) is 0. The standard InChI is InChI=1S/C26H40/c1-23(2,3)19-17-15-13-14-16-18(17)20(24(4,5)6)22(26(10,11)12)21(19)25(7,8)9/h13-16H,1-12H3. The van der Waals surface area contributed by atoms with E-state index in [9.17, 15) is 0 Å². The number of benzene rings is 2. The molecule has 2 rings (SSSR count). The Morgan fingerprint density at radius 3 is 0.808 bits per heavy atom. The van der Waals surface area contributed by atoms with E-state index >= 15 is 0 Å². The predicted molar refractivity (Wildman–Crippen MR) is 119 cm³/mol. The lowest BCUT2D eigenvalue weighted by molar-refractivity contribution is 0.482. The largest absolute Gasteiger partial charge is 0.0616 e. The zero-order valence-corrected chi connectivity index (χ0v) is 19.3. The van der Waals surface area contributed by atoms with Gasteiger partial charge in [-0.15, -0.1) is 0 Å². The van der Waals surface area contributed by atoms with Gasteiger partial charge in [0.15, 0.2) is 0 Å². The Morgan fingerprint density at radius 1 is 0.385 bits per heavy atom. The highest BCUT2D eigenvalue weighted by Crippen LogP contribution is 2.49. The zero-order chi connectivity index (χ0) is 20.3. The molecule has 26 heavy (non-hydrogen) atoms. The molecule has 0 bridgehead atoms. The second-order valence-corrected chi connectivity index (χ2v) is 12.0. The van der Waals surface area contributed by atoms with Crippen molar-refractivity contribution in [2.75, 3.05) is 0 Å². The van der Waals surface area contributed by atoms with E-state index in [1.807, 2.05) is 0 Å². The Hall–Kier alpha value is -1.30. The molecule has 0 saturated heterocycles. The van der Waals surface area contributed by atoms with Crippen LogP contribution in [-0.4, -0.2) is 0 Å². The lowest BCUT2D eigenvalue weighted by atomic mass is 9.62. The van der Waals surface area contributed by atoms with E-state index in [0.717, 1.165) is 0 Å². The van der Waals surface area contributed by atoms with Crippen molar-refractivity contribution < 1.29 is 0 Å². The first-order valence-electron chi connectivity index (χ1n) is 10.1. The maximum Gasteiger partial charge on any atom is -0.0123 e. The summed E-state index contributed by atoms with van der Waals surface area (Å²) in [6, 6.07) is 9.08. The van der Waals surface area contributed by atoms with Gasteiger partial charge in [-0.05, 0) is 54.7 Å². The van der Waals surface area contributed by atoms with Crippen LogP contribution in [0.15, 0.2) is 24.3 Å². The van der Waals surface area contributed by atoms with Crippen molar-refractivity contribution in [3.05, 3.63) is 46.5 Å². The molecule has 0 aromatic heterocycles. The lowest BCUT2D eigenvalue weighted by Gasteiger charge is -2.42. The molecule has 0 aliphatic heterocycles. The molecule has 0 nitrogen and oxygen atoms in total. The fourth-order valence-electron chi connectivity index (χ4n) is 4.50. The molecular formula is C26H40. The molecule has 0 heteroatoms. The van der Waals surface area contributed by atoms with Crippen LogP contribution in [0.3, 0.4) is 0 Å². The monoisotopic (exact) mass is 352 g/mol. The van der Waals surface area contributed by atoms with E-state index in [-0.39, 0.29) is 21.7 Å². The van der Waals surface area contributed by atoms with Gasteiger partial charge in [0.25, 0.3) is 0 Å². The fourth-order valence-corrected chi connectivity index (χ4v) is 4.50. The van der Waals surface area contributed by atoms with Crippen LogP contribution in [0.2, 0.25) is 0 Å². The van der Waals surface area contributed by atoms with E-state index in [4.69, 9.17) is 0 Å². The minimum absolute atomic E-state index is 0.0925. The molecule has 2 aromatic rings. The second-order valence-electron chi connectivity index (χ2n) is 12.0. The maximum absolute atomic E-state index is 2.38. The highest BCUT2D eigenvalue weighted by atomic mass is 14.4. The molecule has 2 aromatic carbocycles. The molecule has 144 valence electrons. The van der Waals surface area contributed by atoms with E-state index in [1.54, 1.807) is 11.1 Å². The predicted octanol–water partition coefficient (Wildman–Crippen LogP) is 8.03. The van der Waals surface area contributed by atoms with Crippen molar-refractivity contribution in [3.8, 4) is 0 Å². The highest BCUT2D eigenvalue weighted by Gasteiger charge is 2.38. The van der Waals surface area contributed by atoms with Crippen molar-refractivity contribution in [2.45, 2.75) is 105 Å². The van der Waals surface area contributed by atoms with Crippen LogP contribution in [0.25, 0.3) is 10.8 Å². The minimum Gasteiger partial charge on any atom is -0.0616 e. The van der Waals surface area contributed by atoms with E-state index in [2.05, 4.69) is 107 Å². The Morgan fingerprint density at radius 2 is 0.615 bits per heavy atom. The van der Waals surface area contributed by atoms with Gasteiger partial charge >= 0.3 is 0 Å². The third-order valence-corrected chi connectivity index (χ3v) is 5.22. The summed E-state index contributed by atoms with van der Waals surface area (Å²) in [5, 5.41) is 2.87. The molecule has 0 saturated carbocycles. The first-order chi connectivity index (χ1) is 11.5. The van der Waals surface area contributed by atoms with E-state index < -0.39 is 0 Å². The second kappa shape index (κ2) is 6.11. The van der Waals surface area contributed by atoms with Crippen LogP contribution in [0.4, 0.5) is 0 Å². The molecular weight excluding hydrogens is 312 g/mol. The maximum atomic E-state index is 2.38. The Labute approximate surface area is 162 Å². The molecule has 0 amide bonds. The zero-order valence-electron chi connectivity index (χ0n) is 19.3. The lowest BCUT2D eigenvalue weighted by Crippen LogP contribution is -2.32. The van der Waals surface area contributed by atoms with Crippen molar-refractivity contribution >= 4 is 10.8 Å². The number of rotatable bonds is 0. The van der Waals surface area contributed by atoms with E-state index in [1.165, 1.54) is 21.9 Å². The van der Waals surface area contributed by atoms with Crippen molar-refractivity contribution in [2.24, 2.45) is 0 Å². The van der Waals surface area contributed by atoms with Crippen molar-refractivity contribution in [3.63, 3.8) is 0 Å². The van der Waals surface area contributed by atoms with Gasteiger partial charge in [0, 0.05) is 0 Å². The van der Waals surface area contributed by atoms with Gasteiger partial charge < -0.3 is 0 Å². The Balaban J connectivity index is 3.34. The third-order valence-electron chi connectivity index (χ3n) is 5.22. The topological polar surface area (TPSA) is 0 Å². The van der Waals surface area contributed by atoms with Gasteiger partial charge in [-0.1, -0.05) is 107 Å². The summed E-state index contributed by atoms with van der Waals surface area (Å²) in [5.74, 6) is 0. The average Bonchev–Trinajstić information content (AvgIpc) is 2.40. The number of fused-ring (bicyclic) bond motifs is 1. The molecule has 0 spiro atoms. The van der Waals surface area contributed by atoms with E-state index in [0.29, 0.717) is 0 Å². The van der Waals surface area contributed by atoms with Crippen LogP contribution in [-0.2, 0) is 21.7 Å². The SMILES string of the molecule is CC(C)(C)c1c(C(C)(C)C)c(C(C)(C)C)c2ccccc2c1C(C)(C)C. The van der Waals surface area contributed by atoms with Crippen LogP contribution < -0.4 is 0 Å². The number of hydrogen-bond donors (Lipinski definition) is 0. The Kier molecular flexibility index (Phi) is 4.94. The van der Waals surface area contributed by atoms with Crippen LogP contribution in [0, 0.1) is 0 Å². The summed E-state index contributed by atoms with van der Waals surface area (Å²) in [6.45, 7) is 28.5. The summed E-state index contributed by atoms with van der Waals surface area (Å²) in [7, 11) is 0. The van der Waals surface area contributed by atoms with Crippen LogP contribution in [0.5, 0.6) is 0 Å². The molecule has 0 fully saturated rings. The normalized spacial score (nSPS) is 14.2. The van der Waals surface area contributed by atoms with Gasteiger partial charge in [-0.3, -0.25) is 0 Å². The van der Waals surface area contributed by atoms with Crippen LogP contribution >= 0.6 is 0 Å². The summed E-state index contributed by atoms with van der Waals surface area (Å²) in [5.41, 5.74) is 6.54. The first-order valence-corrected chi connectivity index (χ1v) is 10.1. The van der Waals surface area contributed by atoms with Crippen molar-refractivity contribution in [1.29, 1.82) is 0 Å². The average molecular weight is 353 g/mol. The molecule has 0 atom stereocenters. The molecule has 0 aliphatic rings. The number of hydrogen-bond acceptors (Lipinski definition) is 0. The molecule has 0 N–H and O–H groups in total. The highest BCUT2D eigenvalue weighted by molar-refractivity contribution is 5.93. The van der Waals surface area contributed by atoms with Crippen LogP contribution in [0.1, 0.15) is 105 Å². The molecule has 0 aliphatic carbocycles. The van der Waals surface area contributed by atoms with Gasteiger partial charge in [-0.2, -0.15) is 0 Å². The minimum atomic E-state index is 0.0925. The van der Waals surface area contributed by atoms with Gasteiger partial charge in [0.2, 0.25) is 0 Å². The summed E-state index contributed by atoms with van der Waals surface area (Å²) < 4.78 is 0. The fraction of sp³-hybridized carbons (Fsp3) is 0.615. The third kappa shape index (κ3) is 3.71. The summed E-state index contributed by atoms with van der Waals surface area (Å²) in [6.07, 6.45) is 0. The van der Waals surface area contributed by atoms with Gasteiger partial charge in [0.05, 0.1) is 0 Å². The Bertz CT molecular complexity index is 736. The van der Waals surface area contributed by atoms with Gasteiger partial charge in [-0.25, -0.2) is 0 Å². The molecule has 0 heterocycles. The van der Waals surface area contributed by atoms with Crippen molar-refractivity contribution in [1.82, 2.24) is 0 Å². The first kappa shape index (κ1) is 21.0. The van der Waals surface area contributed by atoms with Gasteiger partial charge in [0.1, 0.15) is 0 Å². The smallest absolute Gasteiger partial charge is 0.0123 e. The quantitative estimate of drug-likeness (QED) is 0.450. The summed E-state index contributed by atoms with van der Waals surface area (Å²) >= 11 is 0. The molecule has 0 radical (unpaired) electrons.